The third kappa shape index (κ3) is 2.11. The summed E-state index contributed by atoms with van der Waals surface area (Å²) in [6, 6.07) is -0.553. The Morgan fingerprint density at radius 3 is 2.79 bits per heavy atom. The van der Waals surface area contributed by atoms with E-state index in [-0.39, 0.29) is 5.91 Å². The molecule has 6 nitrogen and oxygen atoms in total. The molecule has 0 aliphatic carbocycles. The summed E-state index contributed by atoms with van der Waals surface area (Å²) in [5.41, 5.74) is 0.100. The van der Waals surface area contributed by atoms with Crippen molar-refractivity contribution in [2.45, 2.75) is 31.7 Å². The lowest BCUT2D eigenvalue weighted by Gasteiger charge is -2.25. The van der Waals surface area contributed by atoms with Crippen molar-refractivity contribution in [3.63, 3.8) is 0 Å². The summed E-state index contributed by atoms with van der Waals surface area (Å²) in [5, 5.41) is 0. The molecule has 2 heterocycles. The minimum Gasteiger partial charge on any atom is -0.467 e. The van der Waals surface area contributed by atoms with Gasteiger partial charge >= 0.3 is 5.97 Å². The maximum Gasteiger partial charge on any atom is 0.328 e. The smallest absolute Gasteiger partial charge is 0.328 e. The first-order valence-electron chi connectivity index (χ1n) is 6.27. The number of esters is 1. The Balaban J connectivity index is 2.24. The second kappa shape index (κ2) is 4.68. The number of hydrogen-bond donors (Lipinski definition) is 0. The van der Waals surface area contributed by atoms with Gasteiger partial charge in [0.2, 0.25) is 5.91 Å². The van der Waals surface area contributed by atoms with Gasteiger partial charge in [0.25, 0.3) is 0 Å². The van der Waals surface area contributed by atoms with Crippen LogP contribution >= 0.6 is 0 Å². The van der Waals surface area contributed by atoms with Gasteiger partial charge in [-0.2, -0.15) is 0 Å². The molecule has 1 aliphatic rings. The summed E-state index contributed by atoms with van der Waals surface area (Å²) in [4.78, 5) is 30.0. The molecule has 0 radical (unpaired) electrons. The van der Waals surface area contributed by atoms with Gasteiger partial charge in [-0.3, -0.25) is 4.79 Å². The summed E-state index contributed by atoms with van der Waals surface area (Å²) in [7, 11) is 3.20. The molecule has 6 heteroatoms. The zero-order valence-corrected chi connectivity index (χ0v) is 11.7. The van der Waals surface area contributed by atoms with Gasteiger partial charge in [0.15, 0.2) is 0 Å². The predicted octanol–water partition coefficient (Wildman–Crippen LogP) is 0.472. The number of carbonyl (C=O) groups is 2. The van der Waals surface area contributed by atoms with E-state index in [0.717, 1.165) is 5.69 Å². The second-order valence-electron chi connectivity index (χ2n) is 5.20. The SMILES string of the molecule is COC(=O)C(C)N1CCC(C)(c2cn(C)cn2)C1=O. The van der Waals surface area contributed by atoms with E-state index in [1.165, 1.54) is 7.11 Å². The summed E-state index contributed by atoms with van der Waals surface area (Å²) in [5.74, 6) is -0.456. The molecular weight excluding hydrogens is 246 g/mol. The second-order valence-corrected chi connectivity index (χ2v) is 5.20. The van der Waals surface area contributed by atoms with Gasteiger partial charge < -0.3 is 14.2 Å². The van der Waals surface area contributed by atoms with Crippen LogP contribution < -0.4 is 0 Å². The van der Waals surface area contributed by atoms with Crippen molar-refractivity contribution in [1.29, 1.82) is 0 Å². The average Bonchev–Trinajstić information content (AvgIpc) is 2.95. The molecule has 104 valence electrons. The van der Waals surface area contributed by atoms with Gasteiger partial charge in [0.1, 0.15) is 6.04 Å². The molecule has 0 aromatic carbocycles. The number of methoxy groups -OCH3 is 1. The fourth-order valence-electron chi connectivity index (χ4n) is 2.47. The molecule has 1 aromatic heterocycles. The van der Waals surface area contributed by atoms with Crippen LogP contribution in [0, 0.1) is 0 Å². The molecule has 0 bridgehead atoms. The normalized spacial score (nSPS) is 24.6. The molecule has 2 unspecified atom stereocenters. The van der Waals surface area contributed by atoms with Crippen molar-refractivity contribution in [3.8, 4) is 0 Å². The van der Waals surface area contributed by atoms with E-state index in [9.17, 15) is 9.59 Å². The zero-order valence-electron chi connectivity index (χ0n) is 11.7. The van der Waals surface area contributed by atoms with Crippen LogP contribution in [-0.2, 0) is 26.8 Å². The number of hydrogen-bond acceptors (Lipinski definition) is 4. The lowest BCUT2D eigenvalue weighted by molar-refractivity contribution is -0.151. The third-order valence-corrected chi connectivity index (χ3v) is 3.87. The molecule has 0 spiro atoms. The maximum atomic E-state index is 12.6. The zero-order chi connectivity index (χ0) is 14.2. The standard InChI is InChI=1S/C13H19N3O3/c1-9(11(17)19-4)16-6-5-13(2,12(16)18)10-7-15(3)8-14-10/h7-9H,5-6H2,1-4H3. The van der Waals surface area contributed by atoms with Crippen molar-refractivity contribution in [1.82, 2.24) is 14.5 Å². The third-order valence-electron chi connectivity index (χ3n) is 3.87. The van der Waals surface area contributed by atoms with Crippen molar-refractivity contribution < 1.29 is 14.3 Å². The quantitative estimate of drug-likeness (QED) is 0.745. The van der Waals surface area contributed by atoms with Crippen LogP contribution in [0.15, 0.2) is 12.5 Å². The molecule has 1 fully saturated rings. The largest absolute Gasteiger partial charge is 0.467 e. The highest BCUT2D eigenvalue weighted by molar-refractivity contribution is 5.92. The first-order valence-corrected chi connectivity index (χ1v) is 6.27. The molecule has 2 atom stereocenters. The number of nitrogens with zero attached hydrogens (tertiary/aromatic N) is 3. The number of aromatic nitrogens is 2. The van der Waals surface area contributed by atoms with Crippen LogP contribution in [0.1, 0.15) is 26.0 Å². The summed E-state index contributed by atoms with van der Waals surface area (Å²) in [6.45, 7) is 4.11. The highest BCUT2D eigenvalue weighted by Gasteiger charge is 2.48. The molecule has 19 heavy (non-hydrogen) atoms. The van der Waals surface area contributed by atoms with Gasteiger partial charge in [-0.05, 0) is 20.3 Å². The highest BCUT2D eigenvalue weighted by atomic mass is 16.5. The molecule has 0 N–H and O–H groups in total. The van der Waals surface area contributed by atoms with Crippen LogP contribution in [0.4, 0.5) is 0 Å². The molecule has 1 saturated heterocycles. The Kier molecular flexibility index (Phi) is 3.34. The fourth-order valence-corrected chi connectivity index (χ4v) is 2.47. The number of imidazole rings is 1. The van der Waals surface area contributed by atoms with Crippen molar-refractivity contribution in [2.24, 2.45) is 7.05 Å². The first kappa shape index (κ1) is 13.6. The molecular formula is C13H19N3O3. The lowest BCUT2D eigenvalue weighted by Crippen LogP contribution is -2.44. The molecule has 2 rings (SSSR count). The molecule has 1 aliphatic heterocycles. The highest BCUT2D eigenvalue weighted by Crippen LogP contribution is 2.35. The summed E-state index contributed by atoms with van der Waals surface area (Å²) in [6.07, 6.45) is 4.19. The van der Waals surface area contributed by atoms with E-state index >= 15 is 0 Å². The number of aryl methyl sites for hydroxylation is 1. The molecule has 1 amide bonds. The topological polar surface area (TPSA) is 64.4 Å². The van der Waals surface area contributed by atoms with Crippen LogP contribution in [0.2, 0.25) is 0 Å². The Morgan fingerprint density at radius 1 is 1.58 bits per heavy atom. The van der Waals surface area contributed by atoms with Gasteiger partial charge in [0, 0.05) is 19.8 Å². The minimum atomic E-state index is -0.649. The Bertz CT molecular complexity index is 511. The number of likely N-dealkylation sites (tertiary alicyclic amines) is 1. The first-order chi connectivity index (χ1) is 8.90. The van der Waals surface area contributed by atoms with Crippen LogP contribution in [0.3, 0.4) is 0 Å². The average molecular weight is 265 g/mol. The van der Waals surface area contributed by atoms with Crippen molar-refractivity contribution >= 4 is 11.9 Å². The lowest BCUT2D eigenvalue weighted by atomic mass is 9.85. The summed E-state index contributed by atoms with van der Waals surface area (Å²) < 4.78 is 6.52. The predicted molar refractivity (Wildman–Crippen MR) is 68.4 cm³/mol. The van der Waals surface area contributed by atoms with Crippen LogP contribution in [-0.4, -0.2) is 46.0 Å². The Morgan fingerprint density at radius 2 is 2.26 bits per heavy atom. The van der Waals surface area contributed by atoms with Crippen molar-refractivity contribution in [2.75, 3.05) is 13.7 Å². The van der Waals surface area contributed by atoms with E-state index < -0.39 is 17.4 Å². The number of ether oxygens (including phenoxy) is 1. The van der Waals surface area contributed by atoms with E-state index in [0.29, 0.717) is 13.0 Å². The van der Waals surface area contributed by atoms with Gasteiger partial charge in [-0.1, -0.05) is 0 Å². The number of amides is 1. The van der Waals surface area contributed by atoms with Gasteiger partial charge in [0.05, 0.1) is 24.5 Å². The van der Waals surface area contributed by atoms with Crippen LogP contribution in [0.5, 0.6) is 0 Å². The van der Waals surface area contributed by atoms with Crippen molar-refractivity contribution in [3.05, 3.63) is 18.2 Å². The Labute approximate surface area is 112 Å². The van der Waals surface area contributed by atoms with E-state index in [1.54, 1.807) is 18.2 Å². The van der Waals surface area contributed by atoms with E-state index in [4.69, 9.17) is 4.74 Å². The fraction of sp³-hybridized carbons (Fsp3) is 0.615. The summed E-state index contributed by atoms with van der Waals surface area (Å²) >= 11 is 0. The van der Waals surface area contributed by atoms with E-state index in [2.05, 4.69) is 4.98 Å². The Hall–Kier alpha value is -1.85. The van der Waals surface area contributed by atoms with E-state index in [1.807, 2.05) is 24.7 Å². The monoisotopic (exact) mass is 265 g/mol. The molecule has 1 aromatic rings. The maximum absolute atomic E-state index is 12.6. The van der Waals surface area contributed by atoms with Gasteiger partial charge in [-0.15, -0.1) is 0 Å². The number of carbonyl (C=O) groups excluding carboxylic acids is 2. The molecule has 0 saturated carbocycles. The minimum absolute atomic E-state index is 0.0656. The number of rotatable bonds is 3. The van der Waals surface area contributed by atoms with Gasteiger partial charge in [-0.25, -0.2) is 9.78 Å². The van der Waals surface area contributed by atoms with Crippen LogP contribution in [0.25, 0.3) is 0 Å².